The van der Waals surface area contributed by atoms with Crippen molar-refractivity contribution in [2.75, 3.05) is 19.6 Å². The zero-order valence-corrected chi connectivity index (χ0v) is 39.9. The summed E-state index contributed by atoms with van der Waals surface area (Å²) in [6.07, 6.45) is 0.534. The smallest absolute Gasteiger partial charge is 0.407 e. The highest BCUT2D eigenvalue weighted by molar-refractivity contribution is 5.96. The van der Waals surface area contributed by atoms with Crippen LogP contribution in [0.25, 0.3) is 0 Å². The molecule has 0 saturated carbocycles. The van der Waals surface area contributed by atoms with E-state index < -0.39 is 107 Å². The minimum absolute atomic E-state index is 0.0262. The number of hydrogen-bond acceptors (Lipinski definition) is 13. The molecule has 368 valence electrons. The van der Waals surface area contributed by atoms with Gasteiger partial charge in [0.1, 0.15) is 47.0 Å². The van der Waals surface area contributed by atoms with E-state index in [9.17, 15) is 48.3 Å². The van der Waals surface area contributed by atoms with Crippen LogP contribution in [0.1, 0.15) is 141 Å². The molecule has 64 heavy (non-hydrogen) atoms. The molecule has 0 heterocycles. The van der Waals surface area contributed by atoms with E-state index in [1.807, 2.05) is 0 Å². The first kappa shape index (κ1) is 58.6. The third-order valence-electron chi connectivity index (χ3n) is 8.56. The number of carboxylic acids is 1. The molecule has 0 saturated heterocycles. The van der Waals surface area contributed by atoms with Gasteiger partial charge in [0, 0.05) is 19.6 Å². The molecule has 0 rings (SSSR count). The summed E-state index contributed by atoms with van der Waals surface area (Å²) in [6.45, 7) is 20.3. The number of amides is 8. The van der Waals surface area contributed by atoms with Gasteiger partial charge in [0.15, 0.2) is 0 Å². The van der Waals surface area contributed by atoms with Gasteiger partial charge in [-0.25, -0.2) is 19.2 Å². The lowest BCUT2D eigenvalue weighted by atomic mass is 10.1. The molecule has 11 N–H and O–H groups in total. The number of rotatable bonds is 26. The predicted octanol–water partition coefficient (Wildman–Crippen LogP) is 1.97. The Kier molecular flexibility index (Phi) is 26.0. The highest BCUT2D eigenvalue weighted by Crippen LogP contribution is 2.10. The number of unbranched alkanes of at least 4 members (excludes halogenated alkanes) is 3. The Bertz CT molecular complexity index is 1560. The Morgan fingerprint density at radius 3 is 1.00 bits per heavy atom. The van der Waals surface area contributed by atoms with E-state index in [2.05, 4.69) is 42.5 Å². The average molecular weight is 916 g/mol. The second-order valence-corrected chi connectivity index (χ2v) is 18.5. The Labute approximate surface area is 377 Å². The first-order chi connectivity index (χ1) is 29.4. The van der Waals surface area contributed by atoms with E-state index in [-0.39, 0.29) is 38.9 Å². The second-order valence-electron chi connectivity index (χ2n) is 18.5. The van der Waals surface area contributed by atoms with Crippen molar-refractivity contribution in [3.8, 4) is 0 Å². The summed E-state index contributed by atoms with van der Waals surface area (Å²) in [7, 11) is 0. The molecule has 0 bridgehead atoms. The molecule has 22 nitrogen and oxygen atoms in total. The van der Waals surface area contributed by atoms with Crippen molar-refractivity contribution in [2.45, 2.75) is 194 Å². The fraction of sp³-hybridized carbons (Fsp3) is 0.786. The fourth-order valence-electron chi connectivity index (χ4n) is 5.38. The molecule has 0 aromatic heterocycles. The molecular weight excluding hydrogens is 839 g/mol. The molecule has 0 aliphatic heterocycles. The maximum atomic E-state index is 13.6. The summed E-state index contributed by atoms with van der Waals surface area (Å²) in [6, 6.07) is -7.07. The molecular formula is C42H77N9O13. The van der Waals surface area contributed by atoms with Crippen LogP contribution in [0.4, 0.5) is 14.4 Å². The lowest BCUT2D eigenvalue weighted by Crippen LogP contribution is -2.58. The average Bonchev–Trinajstić information content (AvgIpc) is 3.13. The molecule has 0 aliphatic rings. The van der Waals surface area contributed by atoms with Crippen molar-refractivity contribution in [1.29, 1.82) is 0 Å². The first-order valence-corrected chi connectivity index (χ1v) is 21.8. The van der Waals surface area contributed by atoms with E-state index in [0.29, 0.717) is 38.5 Å². The van der Waals surface area contributed by atoms with Crippen LogP contribution in [-0.2, 0) is 43.0 Å². The molecule has 0 fully saturated rings. The van der Waals surface area contributed by atoms with Crippen LogP contribution in [0.15, 0.2) is 0 Å². The summed E-state index contributed by atoms with van der Waals surface area (Å²) >= 11 is 0. The van der Waals surface area contributed by atoms with Crippen LogP contribution in [0.5, 0.6) is 0 Å². The van der Waals surface area contributed by atoms with Crippen molar-refractivity contribution < 1.29 is 62.5 Å². The third kappa shape index (κ3) is 29.0. The largest absolute Gasteiger partial charge is 0.480 e. The van der Waals surface area contributed by atoms with Crippen LogP contribution in [0.2, 0.25) is 0 Å². The molecule has 0 aromatic rings. The fourth-order valence-corrected chi connectivity index (χ4v) is 5.38. The first-order valence-electron chi connectivity index (χ1n) is 21.8. The van der Waals surface area contributed by atoms with Crippen molar-refractivity contribution >= 4 is 53.8 Å². The Balaban J connectivity index is 5.73. The second kappa shape index (κ2) is 28.4. The number of alkyl carbamates (subject to hydrolysis) is 3. The predicted molar refractivity (Wildman–Crippen MR) is 237 cm³/mol. The van der Waals surface area contributed by atoms with Gasteiger partial charge in [-0.05, 0) is 141 Å². The summed E-state index contributed by atoms with van der Waals surface area (Å²) in [5, 5.41) is 30.2. The van der Waals surface area contributed by atoms with Crippen LogP contribution >= 0.6 is 0 Å². The van der Waals surface area contributed by atoms with Crippen molar-refractivity contribution in [1.82, 2.24) is 42.5 Å². The van der Waals surface area contributed by atoms with Gasteiger partial charge < -0.3 is 67.6 Å². The van der Waals surface area contributed by atoms with Crippen LogP contribution < -0.4 is 48.3 Å². The number of carbonyl (C=O) groups excluding carboxylic acids is 8. The molecule has 6 atom stereocenters. The zero-order chi connectivity index (χ0) is 49.4. The van der Waals surface area contributed by atoms with Crippen LogP contribution in [0.3, 0.4) is 0 Å². The van der Waals surface area contributed by atoms with Gasteiger partial charge in [-0.2, -0.15) is 0 Å². The van der Waals surface area contributed by atoms with Gasteiger partial charge >= 0.3 is 24.2 Å². The monoisotopic (exact) mass is 916 g/mol. The molecule has 0 spiro atoms. The topological polar surface area (TPSA) is 324 Å². The Hall–Kier alpha value is -5.41. The third-order valence-corrected chi connectivity index (χ3v) is 8.56. The van der Waals surface area contributed by atoms with Gasteiger partial charge in [-0.1, -0.05) is 0 Å². The molecule has 8 amide bonds. The Morgan fingerprint density at radius 1 is 0.438 bits per heavy atom. The van der Waals surface area contributed by atoms with Gasteiger partial charge in [-0.3, -0.25) is 24.0 Å². The number of nitrogens with one attached hydrogen (secondary N) is 8. The summed E-state index contributed by atoms with van der Waals surface area (Å²) in [4.78, 5) is 114. The molecule has 0 aromatic carbocycles. The summed E-state index contributed by atoms with van der Waals surface area (Å²) in [5.74, 6) is -4.98. The minimum atomic E-state index is -1.30. The van der Waals surface area contributed by atoms with Gasteiger partial charge in [0.2, 0.25) is 29.5 Å². The van der Waals surface area contributed by atoms with Gasteiger partial charge in [0.05, 0.1) is 6.04 Å². The lowest BCUT2D eigenvalue weighted by molar-refractivity contribution is -0.142. The van der Waals surface area contributed by atoms with Crippen LogP contribution in [-0.4, -0.2) is 132 Å². The van der Waals surface area contributed by atoms with Crippen molar-refractivity contribution in [3.63, 3.8) is 0 Å². The number of hydrogen-bond donors (Lipinski definition) is 10. The number of ether oxygens (including phenoxy) is 3. The molecule has 0 unspecified atom stereocenters. The zero-order valence-electron chi connectivity index (χ0n) is 39.9. The van der Waals surface area contributed by atoms with Crippen LogP contribution in [0, 0.1) is 0 Å². The van der Waals surface area contributed by atoms with Gasteiger partial charge in [-0.15, -0.1) is 0 Å². The molecule has 0 radical (unpaired) electrons. The molecule has 22 heteroatoms. The molecule has 0 aliphatic carbocycles. The van der Waals surface area contributed by atoms with Crippen molar-refractivity contribution in [2.24, 2.45) is 5.73 Å². The van der Waals surface area contributed by atoms with Crippen molar-refractivity contribution in [3.05, 3.63) is 0 Å². The van der Waals surface area contributed by atoms with Gasteiger partial charge in [0.25, 0.3) is 0 Å². The number of carboxylic acid groups (broad SMARTS) is 1. The van der Waals surface area contributed by atoms with E-state index in [4.69, 9.17) is 19.9 Å². The highest BCUT2D eigenvalue weighted by Gasteiger charge is 2.30. The Morgan fingerprint density at radius 2 is 0.719 bits per heavy atom. The standard InChI is InChI=1S/C42H77N9O13/c1-25(43)31(52)49-28(19-13-16-22-44-37(59)62-40(4,5)6)34(55)47-26(2)32(53)50-29(20-14-17-23-45-38(60)63-41(7,8)9)35(56)48-27(3)33(54)51-30(36(57)58)21-15-18-24-46-39(61)64-42(10,11)12/h25-30H,13-24,43H2,1-12H3,(H,44,59)(H,45,60)(H,46,61)(H,47,55)(H,48,56)(H,49,52)(H,50,53)(H,51,54)(H,57,58)/t25-,26-,27-,28+,29+,30+/m1/s1. The maximum Gasteiger partial charge on any atom is 0.407 e. The maximum absolute atomic E-state index is 13.6. The highest BCUT2D eigenvalue weighted by atomic mass is 16.6. The van der Waals surface area contributed by atoms with E-state index in [0.717, 1.165) is 0 Å². The van der Waals surface area contributed by atoms with E-state index in [1.165, 1.54) is 20.8 Å². The number of carbonyl (C=O) groups is 9. The number of aliphatic carboxylic acids is 1. The summed E-state index contributed by atoms with van der Waals surface area (Å²) < 4.78 is 15.6. The summed E-state index contributed by atoms with van der Waals surface area (Å²) in [5.41, 5.74) is 3.64. The van der Waals surface area contributed by atoms with E-state index >= 15 is 0 Å². The quantitative estimate of drug-likeness (QED) is 0.0438. The lowest BCUT2D eigenvalue weighted by Gasteiger charge is -2.25. The SMILES string of the molecule is C[C@@H](N)C(=O)N[C@@H](CCCCNC(=O)OC(C)(C)C)C(=O)N[C@H](C)C(=O)N[C@@H](CCCCNC(=O)OC(C)(C)C)C(=O)N[C@H](C)C(=O)N[C@@H](CCCCNC(=O)OC(C)(C)C)C(=O)O. The van der Waals surface area contributed by atoms with E-state index in [1.54, 1.807) is 62.3 Å². The minimum Gasteiger partial charge on any atom is -0.480 e. The number of nitrogens with two attached hydrogens (primary N) is 1. The normalized spacial score (nSPS) is 14.4.